The number of carbonyl (C=O) groups excluding carboxylic acids is 1. The lowest BCUT2D eigenvalue weighted by Gasteiger charge is -2.10. The molecule has 0 aliphatic heterocycles. The minimum Gasteiger partial charge on any atom is -0.356 e. The molecule has 0 atom stereocenters. The second-order valence-electron chi connectivity index (χ2n) is 6.64. The summed E-state index contributed by atoms with van der Waals surface area (Å²) in [6.45, 7) is 2.52. The topological polar surface area (TPSA) is 76.1 Å². The van der Waals surface area contributed by atoms with Crippen LogP contribution >= 0.6 is 22.7 Å². The summed E-state index contributed by atoms with van der Waals surface area (Å²) in [7, 11) is -3.12. The van der Waals surface area contributed by atoms with Crippen LogP contribution in [0.2, 0.25) is 0 Å². The van der Waals surface area contributed by atoms with Crippen LogP contribution < -0.4 is 5.32 Å². The number of nitrogens with one attached hydrogen (secondary N) is 1. The van der Waals surface area contributed by atoms with Gasteiger partial charge in [0.1, 0.15) is 0 Å². The summed E-state index contributed by atoms with van der Waals surface area (Å²) in [5.41, 5.74) is 1.00. The number of thiophene rings is 1. The molecule has 0 unspecified atom stereocenters. The van der Waals surface area contributed by atoms with Gasteiger partial charge in [-0.15, -0.1) is 22.7 Å². The average molecular weight is 413 g/mol. The number of sulfone groups is 1. The van der Waals surface area contributed by atoms with Crippen molar-refractivity contribution in [2.24, 2.45) is 0 Å². The molecular formula is C18H24N2O3S3. The number of hydrogen-bond donors (Lipinski definition) is 1. The third kappa shape index (κ3) is 5.14. The molecule has 1 fully saturated rings. The Balaban J connectivity index is 1.40. The highest BCUT2D eigenvalue weighted by molar-refractivity contribution is 7.92. The van der Waals surface area contributed by atoms with Gasteiger partial charge >= 0.3 is 0 Å². The van der Waals surface area contributed by atoms with E-state index in [1.165, 1.54) is 4.88 Å². The predicted octanol–water partition coefficient (Wildman–Crippen LogP) is 3.59. The largest absolute Gasteiger partial charge is 0.356 e. The summed E-state index contributed by atoms with van der Waals surface area (Å²) < 4.78 is 24.4. The standard InChI is InChI=1S/C18H24N2O3S3/c1-13-20-16(12-24-13)17-7-6-14(25-17)8-10-19-18(21)9-11-26(22,23)15-4-2-3-5-15/h6-7,12,15H,2-5,8-11H2,1H3,(H,19,21). The first-order valence-electron chi connectivity index (χ1n) is 8.93. The lowest BCUT2D eigenvalue weighted by molar-refractivity contribution is -0.120. The van der Waals surface area contributed by atoms with Crippen molar-refractivity contribution in [2.45, 2.75) is 50.7 Å². The number of aryl methyl sites for hydroxylation is 1. The van der Waals surface area contributed by atoms with Crippen LogP contribution in [-0.4, -0.2) is 36.9 Å². The van der Waals surface area contributed by atoms with Crippen LogP contribution in [0.15, 0.2) is 17.5 Å². The molecule has 0 bridgehead atoms. The third-order valence-corrected chi connectivity index (χ3v) is 8.85. The molecule has 0 radical (unpaired) electrons. The molecule has 1 N–H and O–H groups in total. The Hall–Kier alpha value is -1.25. The molecule has 8 heteroatoms. The van der Waals surface area contributed by atoms with Crippen LogP contribution in [0, 0.1) is 6.92 Å². The van der Waals surface area contributed by atoms with E-state index in [9.17, 15) is 13.2 Å². The molecule has 142 valence electrons. The summed E-state index contributed by atoms with van der Waals surface area (Å²) in [6, 6.07) is 4.12. The average Bonchev–Trinajstić information content (AvgIpc) is 3.34. The number of hydrogen-bond acceptors (Lipinski definition) is 6. The lowest BCUT2D eigenvalue weighted by atomic mass is 10.3. The van der Waals surface area contributed by atoms with Crippen LogP contribution in [0.3, 0.4) is 0 Å². The Kier molecular flexibility index (Phi) is 6.47. The normalized spacial score (nSPS) is 15.4. The molecule has 0 saturated heterocycles. The van der Waals surface area contributed by atoms with Crippen molar-refractivity contribution in [2.75, 3.05) is 12.3 Å². The SMILES string of the molecule is Cc1nc(-c2ccc(CCNC(=O)CCS(=O)(=O)C3CCCC3)s2)cs1. The second kappa shape index (κ2) is 8.63. The maximum absolute atomic E-state index is 12.2. The minimum absolute atomic E-state index is 0.0319. The Bertz CT molecular complexity index is 849. The van der Waals surface area contributed by atoms with Crippen molar-refractivity contribution in [1.82, 2.24) is 10.3 Å². The van der Waals surface area contributed by atoms with Gasteiger partial charge in [0.05, 0.1) is 26.6 Å². The smallest absolute Gasteiger partial charge is 0.221 e. The number of carbonyl (C=O) groups is 1. The second-order valence-corrected chi connectivity index (χ2v) is 11.3. The van der Waals surface area contributed by atoms with Crippen LogP contribution in [0.1, 0.15) is 42.0 Å². The number of amides is 1. The van der Waals surface area contributed by atoms with Crippen molar-refractivity contribution in [3.05, 3.63) is 27.4 Å². The van der Waals surface area contributed by atoms with E-state index in [4.69, 9.17) is 0 Å². The van der Waals surface area contributed by atoms with Gasteiger partial charge in [0.25, 0.3) is 0 Å². The monoisotopic (exact) mass is 412 g/mol. The fourth-order valence-corrected chi connectivity index (χ4v) is 6.70. The van der Waals surface area contributed by atoms with Crippen LogP contribution in [0.25, 0.3) is 10.6 Å². The quantitative estimate of drug-likeness (QED) is 0.719. The number of nitrogens with zero attached hydrogens (tertiary/aromatic N) is 1. The maximum Gasteiger partial charge on any atom is 0.221 e. The molecule has 2 aromatic rings. The van der Waals surface area contributed by atoms with E-state index in [2.05, 4.69) is 27.8 Å². The molecule has 1 aliphatic carbocycles. The zero-order valence-corrected chi connectivity index (χ0v) is 17.3. The predicted molar refractivity (Wildman–Crippen MR) is 108 cm³/mol. The van der Waals surface area contributed by atoms with Crippen molar-refractivity contribution in [3.8, 4) is 10.6 Å². The van der Waals surface area contributed by atoms with Gasteiger partial charge in [-0.3, -0.25) is 4.79 Å². The van der Waals surface area contributed by atoms with E-state index in [0.717, 1.165) is 47.7 Å². The van der Waals surface area contributed by atoms with E-state index >= 15 is 0 Å². The molecule has 0 aromatic carbocycles. The fraction of sp³-hybridized carbons (Fsp3) is 0.556. The molecule has 26 heavy (non-hydrogen) atoms. The highest BCUT2D eigenvalue weighted by atomic mass is 32.2. The number of rotatable bonds is 8. The van der Waals surface area contributed by atoms with Gasteiger partial charge in [-0.25, -0.2) is 13.4 Å². The van der Waals surface area contributed by atoms with E-state index in [1.807, 2.05) is 6.92 Å². The van der Waals surface area contributed by atoms with E-state index in [1.54, 1.807) is 22.7 Å². The Morgan fingerprint density at radius 2 is 2.08 bits per heavy atom. The highest BCUT2D eigenvalue weighted by Crippen LogP contribution is 2.29. The molecule has 1 amide bonds. The van der Waals surface area contributed by atoms with Crippen LogP contribution in [0.4, 0.5) is 0 Å². The van der Waals surface area contributed by atoms with Gasteiger partial charge in [-0.1, -0.05) is 12.8 Å². The van der Waals surface area contributed by atoms with E-state index in [-0.39, 0.29) is 23.3 Å². The van der Waals surface area contributed by atoms with Gasteiger partial charge in [0.15, 0.2) is 9.84 Å². The number of thiazole rings is 1. The summed E-state index contributed by atoms with van der Waals surface area (Å²) in [6.07, 6.45) is 4.28. The molecule has 1 saturated carbocycles. The molecule has 3 rings (SSSR count). The summed E-state index contributed by atoms with van der Waals surface area (Å²) in [4.78, 5) is 18.8. The summed E-state index contributed by atoms with van der Waals surface area (Å²) in [5, 5.41) is 5.71. The van der Waals surface area contributed by atoms with Crippen molar-refractivity contribution < 1.29 is 13.2 Å². The van der Waals surface area contributed by atoms with Crippen LogP contribution in [-0.2, 0) is 21.1 Å². The van der Waals surface area contributed by atoms with Crippen LogP contribution in [0.5, 0.6) is 0 Å². The van der Waals surface area contributed by atoms with Gasteiger partial charge in [0, 0.05) is 23.2 Å². The first kappa shape index (κ1) is 19.5. The molecular weight excluding hydrogens is 388 g/mol. The zero-order valence-electron chi connectivity index (χ0n) is 14.9. The van der Waals surface area contributed by atoms with Crippen molar-refractivity contribution in [1.29, 1.82) is 0 Å². The minimum atomic E-state index is -3.12. The fourth-order valence-electron chi connectivity index (χ4n) is 3.19. The van der Waals surface area contributed by atoms with Crippen molar-refractivity contribution >= 4 is 38.4 Å². The Morgan fingerprint density at radius 3 is 2.77 bits per heavy atom. The molecule has 2 aromatic heterocycles. The Labute approximate surface area is 162 Å². The van der Waals surface area contributed by atoms with E-state index in [0.29, 0.717) is 6.54 Å². The summed E-state index contributed by atoms with van der Waals surface area (Å²) >= 11 is 3.32. The maximum atomic E-state index is 12.2. The molecule has 1 aliphatic rings. The lowest BCUT2D eigenvalue weighted by Crippen LogP contribution is -2.29. The first-order valence-corrected chi connectivity index (χ1v) is 12.3. The summed E-state index contributed by atoms with van der Waals surface area (Å²) in [5.74, 6) is -0.214. The van der Waals surface area contributed by atoms with Gasteiger partial charge in [0.2, 0.25) is 5.91 Å². The van der Waals surface area contributed by atoms with Crippen molar-refractivity contribution in [3.63, 3.8) is 0 Å². The van der Waals surface area contributed by atoms with E-state index < -0.39 is 9.84 Å². The number of aromatic nitrogens is 1. The third-order valence-electron chi connectivity index (χ3n) is 4.65. The molecule has 2 heterocycles. The van der Waals surface area contributed by atoms with Gasteiger partial charge in [-0.2, -0.15) is 0 Å². The Morgan fingerprint density at radius 1 is 1.31 bits per heavy atom. The van der Waals surface area contributed by atoms with Gasteiger partial charge in [-0.05, 0) is 38.3 Å². The highest BCUT2D eigenvalue weighted by Gasteiger charge is 2.28. The molecule has 5 nitrogen and oxygen atoms in total. The molecule has 0 spiro atoms. The zero-order chi connectivity index (χ0) is 18.6. The first-order chi connectivity index (χ1) is 12.4. The van der Waals surface area contributed by atoms with Gasteiger partial charge < -0.3 is 5.32 Å².